The van der Waals surface area contributed by atoms with Gasteiger partial charge in [0.05, 0.1) is 26.2 Å². The zero-order chi connectivity index (χ0) is 19.4. The van der Waals surface area contributed by atoms with Gasteiger partial charge in [-0.3, -0.25) is 0 Å². The van der Waals surface area contributed by atoms with Crippen LogP contribution in [0.2, 0.25) is 0 Å². The molecule has 0 aromatic heterocycles. The number of hydrogen-bond acceptors (Lipinski definition) is 3. The second-order valence-electron chi connectivity index (χ2n) is 6.96. The smallest absolute Gasteiger partial charge is 0.485 e. The first-order valence-corrected chi connectivity index (χ1v) is 10.9. The number of alkyl halides is 3. The monoisotopic (exact) mass is 389 g/mol. The van der Waals surface area contributed by atoms with Crippen molar-refractivity contribution in [3.8, 4) is 0 Å². The molecule has 1 saturated heterocycles. The van der Waals surface area contributed by atoms with Crippen LogP contribution in [0.3, 0.4) is 0 Å². The third kappa shape index (κ3) is 11.1. The molecule has 8 heteroatoms. The van der Waals surface area contributed by atoms with Crippen molar-refractivity contribution in [2.45, 2.75) is 83.6 Å². The maximum absolute atomic E-state index is 10.7. The predicted octanol–water partition coefficient (Wildman–Crippen LogP) is 4.81. The summed E-state index contributed by atoms with van der Waals surface area (Å²) in [6.45, 7) is 10.5. The van der Waals surface area contributed by atoms with E-state index in [1.807, 2.05) is 0 Å². The molecule has 0 spiro atoms. The first kappa shape index (κ1) is 24.7. The van der Waals surface area contributed by atoms with E-state index in [1.54, 1.807) is 0 Å². The molecule has 0 aliphatic carbocycles. The van der Waals surface area contributed by atoms with Crippen molar-refractivity contribution in [3.63, 3.8) is 0 Å². The Morgan fingerprint density at radius 3 is 1.48 bits per heavy atom. The minimum Gasteiger partial charge on any atom is -0.741 e. The molecule has 0 saturated carbocycles. The van der Waals surface area contributed by atoms with E-state index in [0.717, 1.165) is 0 Å². The van der Waals surface area contributed by atoms with Crippen LogP contribution in [0.4, 0.5) is 13.2 Å². The molecule has 1 aliphatic heterocycles. The molecule has 0 unspecified atom stereocenters. The number of unbranched alkanes of at least 4 members (excludes halogenated alkanes) is 6. The fourth-order valence-corrected chi connectivity index (χ4v) is 3.31. The second kappa shape index (κ2) is 12.1. The number of halogens is 3. The molecule has 4 nitrogen and oxygen atoms in total. The summed E-state index contributed by atoms with van der Waals surface area (Å²) in [6, 6.07) is 0. The van der Waals surface area contributed by atoms with Gasteiger partial charge in [0.25, 0.3) is 0 Å². The minimum absolute atomic E-state index is 1.37. The minimum atomic E-state index is -6.09. The summed E-state index contributed by atoms with van der Waals surface area (Å²) in [5.41, 5.74) is -5.65. The quantitative estimate of drug-likeness (QED) is 0.233. The van der Waals surface area contributed by atoms with Gasteiger partial charge < -0.3 is 9.04 Å². The average Bonchev–Trinajstić information content (AvgIpc) is 2.96. The normalized spacial score (nSPS) is 17.2. The molecular formula is C17H34F3NO3S. The zero-order valence-corrected chi connectivity index (χ0v) is 16.4. The molecule has 0 amide bonds. The first-order valence-electron chi connectivity index (χ1n) is 9.45. The topological polar surface area (TPSA) is 57.2 Å². The Kier molecular flexibility index (Phi) is 12.0. The molecule has 1 aliphatic rings. The summed E-state index contributed by atoms with van der Waals surface area (Å²) in [5.74, 6) is 0. The molecule has 0 atom stereocenters. The van der Waals surface area contributed by atoms with Gasteiger partial charge in [-0.05, 0) is 25.7 Å². The van der Waals surface area contributed by atoms with E-state index in [2.05, 4.69) is 13.8 Å². The molecule has 152 valence electrons. The molecule has 0 radical (unpaired) electrons. The van der Waals surface area contributed by atoms with Crippen LogP contribution >= 0.6 is 0 Å². The third-order valence-corrected chi connectivity index (χ3v) is 5.34. The number of nitrogens with zero attached hydrogens (tertiary/aromatic N) is 1. The summed E-state index contributed by atoms with van der Waals surface area (Å²) in [4.78, 5) is 0. The summed E-state index contributed by atoms with van der Waals surface area (Å²) in [5, 5.41) is 0. The lowest BCUT2D eigenvalue weighted by Gasteiger charge is -2.34. The summed E-state index contributed by atoms with van der Waals surface area (Å²) in [6.07, 6.45) is 14.5. The van der Waals surface area contributed by atoms with Crippen LogP contribution in [0, 0.1) is 0 Å². The van der Waals surface area contributed by atoms with E-state index in [0.29, 0.717) is 0 Å². The number of rotatable bonds is 10. The van der Waals surface area contributed by atoms with E-state index in [-0.39, 0.29) is 0 Å². The first-order chi connectivity index (χ1) is 11.6. The van der Waals surface area contributed by atoms with Gasteiger partial charge in [-0.25, -0.2) is 8.42 Å². The molecule has 1 rings (SSSR count). The molecule has 25 heavy (non-hydrogen) atoms. The summed E-state index contributed by atoms with van der Waals surface area (Å²) < 4.78 is 60.4. The van der Waals surface area contributed by atoms with E-state index in [9.17, 15) is 13.2 Å². The molecule has 0 bridgehead atoms. The maximum Gasteiger partial charge on any atom is 0.485 e. The van der Waals surface area contributed by atoms with Crippen LogP contribution in [0.15, 0.2) is 0 Å². The van der Waals surface area contributed by atoms with Crippen LogP contribution < -0.4 is 0 Å². The lowest BCUT2D eigenvalue weighted by Crippen LogP contribution is -2.46. The molecular weight excluding hydrogens is 355 g/mol. The Morgan fingerprint density at radius 1 is 0.840 bits per heavy atom. The maximum atomic E-state index is 10.7. The van der Waals surface area contributed by atoms with Crippen molar-refractivity contribution in [3.05, 3.63) is 0 Å². The van der Waals surface area contributed by atoms with E-state index < -0.39 is 15.6 Å². The fraction of sp³-hybridized carbons (Fsp3) is 1.00. The zero-order valence-electron chi connectivity index (χ0n) is 15.6. The Hall–Kier alpha value is -0.340. The summed E-state index contributed by atoms with van der Waals surface area (Å²) in [7, 11) is -6.09. The van der Waals surface area contributed by atoms with Crippen LogP contribution in [-0.4, -0.2) is 49.1 Å². The fourth-order valence-electron chi connectivity index (χ4n) is 3.31. The van der Waals surface area contributed by atoms with Gasteiger partial charge in [0.1, 0.15) is 0 Å². The average molecular weight is 390 g/mol. The SMILES string of the molecule is CCCCCC[N+]1(CCCCCC)CCCC1.O=S(=O)([O-])C(F)(F)F. The van der Waals surface area contributed by atoms with Crippen molar-refractivity contribution in [2.75, 3.05) is 26.2 Å². The van der Waals surface area contributed by atoms with Crippen molar-refractivity contribution >= 4 is 10.1 Å². The van der Waals surface area contributed by atoms with Crippen LogP contribution in [0.5, 0.6) is 0 Å². The van der Waals surface area contributed by atoms with Crippen LogP contribution in [0.25, 0.3) is 0 Å². The van der Waals surface area contributed by atoms with Gasteiger partial charge in [-0.15, -0.1) is 0 Å². The largest absolute Gasteiger partial charge is 0.741 e. The molecule has 0 N–H and O–H groups in total. The van der Waals surface area contributed by atoms with E-state index >= 15 is 0 Å². The van der Waals surface area contributed by atoms with Crippen molar-refractivity contribution in [1.82, 2.24) is 0 Å². The second-order valence-corrected chi connectivity index (χ2v) is 8.34. The molecule has 1 fully saturated rings. The van der Waals surface area contributed by atoms with Crippen LogP contribution in [-0.2, 0) is 10.1 Å². The Morgan fingerprint density at radius 2 is 1.20 bits per heavy atom. The van der Waals surface area contributed by atoms with Crippen molar-refractivity contribution in [2.24, 2.45) is 0 Å². The number of likely N-dealkylation sites (tertiary alicyclic amines) is 1. The van der Waals surface area contributed by atoms with Crippen molar-refractivity contribution in [1.29, 1.82) is 0 Å². The Bertz CT molecular complexity index is 419. The third-order valence-electron chi connectivity index (χ3n) is 4.77. The van der Waals surface area contributed by atoms with E-state index in [1.165, 1.54) is 94.9 Å². The van der Waals surface area contributed by atoms with E-state index in [4.69, 9.17) is 13.0 Å². The van der Waals surface area contributed by atoms with Gasteiger partial charge in [0.2, 0.25) is 0 Å². The highest BCUT2D eigenvalue weighted by Gasteiger charge is 2.37. The summed E-state index contributed by atoms with van der Waals surface area (Å²) >= 11 is 0. The molecule has 1 heterocycles. The standard InChI is InChI=1S/C16H34N.CHF3O3S/c1-3-5-7-9-13-17(15-11-12-16-17)14-10-8-6-4-2;2-1(3,4)8(5,6)7/h3-16H2,1-2H3;(H,5,6,7)/q+1;/p-1. The highest BCUT2D eigenvalue weighted by Crippen LogP contribution is 2.22. The van der Waals surface area contributed by atoms with Gasteiger partial charge in [-0.1, -0.05) is 39.5 Å². The number of hydrogen-bond donors (Lipinski definition) is 0. The lowest BCUT2D eigenvalue weighted by molar-refractivity contribution is -0.917. The van der Waals surface area contributed by atoms with Gasteiger partial charge in [0.15, 0.2) is 10.1 Å². The highest BCUT2D eigenvalue weighted by molar-refractivity contribution is 7.86. The van der Waals surface area contributed by atoms with Gasteiger partial charge >= 0.3 is 5.51 Å². The number of quaternary nitrogens is 1. The molecule has 0 aromatic carbocycles. The van der Waals surface area contributed by atoms with Crippen LogP contribution in [0.1, 0.15) is 78.1 Å². The Balaban J connectivity index is 0.000000609. The lowest BCUT2D eigenvalue weighted by atomic mass is 10.1. The Labute approximate surface area is 151 Å². The highest BCUT2D eigenvalue weighted by atomic mass is 32.2. The van der Waals surface area contributed by atoms with Crippen molar-refractivity contribution < 1.29 is 30.6 Å². The van der Waals surface area contributed by atoms with Gasteiger partial charge in [0, 0.05) is 12.8 Å². The van der Waals surface area contributed by atoms with Gasteiger partial charge in [-0.2, -0.15) is 13.2 Å². The predicted molar refractivity (Wildman–Crippen MR) is 93.0 cm³/mol. The molecule has 0 aromatic rings.